The van der Waals surface area contributed by atoms with E-state index in [2.05, 4.69) is 10.3 Å². The fraction of sp³-hybridized carbons (Fsp3) is 1.00. The van der Waals surface area contributed by atoms with E-state index in [0.717, 1.165) is 6.42 Å². The zero-order valence-electron chi connectivity index (χ0n) is 4.94. The van der Waals surface area contributed by atoms with E-state index in [1.165, 1.54) is 0 Å². The Morgan fingerprint density at radius 1 is 1.40 bits per heavy atom. The van der Waals surface area contributed by atoms with Gasteiger partial charge in [-0.15, -0.1) is 12.4 Å². The van der Waals surface area contributed by atoms with Gasteiger partial charge >= 0.3 is 0 Å². The van der Waals surface area contributed by atoms with Gasteiger partial charge in [0.25, 0.3) is 0 Å². The number of rotatable bonds is 2. The Labute approximate surface area is 80.5 Å². The molecule has 0 saturated carbocycles. The van der Waals surface area contributed by atoms with Gasteiger partial charge in [-0.3, -0.25) is 4.84 Å². The molecule has 0 bridgehead atoms. The lowest BCUT2D eigenvalue weighted by molar-refractivity contribution is 0.360. The molecule has 10 heavy (non-hydrogen) atoms. The van der Waals surface area contributed by atoms with Crippen molar-refractivity contribution in [3.63, 3.8) is 0 Å². The highest BCUT2D eigenvalue weighted by Crippen LogP contribution is 2.32. The monoisotopic (exact) mass is 225 g/mol. The number of hydrogen-bond acceptors (Lipinski definition) is 2. The fourth-order valence-corrected chi connectivity index (χ4v) is 0.788. The van der Waals surface area contributed by atoms with Gasteiger partial charge in [-0.2, -0.15) is 5.48 Å². The van der Waals surface area contributed by atoms with E-state index in [9.17, 15) is 0 Å². The first kappa shape index (κ1) is 11.1. The smallest absolute Gasteiger partial charge is 0.190 e. The molecule has 1 saturated heterocycles. The van der Waals surface area contributed by atoms with E-state index in [0.29, 0.717) is 6.42 Å². The molecule has 1 rings (SSSR count). The van der Waals surface area contributed by atoms with E-state index in [-0.39, 0.29) is 18.6 Å². The quantitative estimate of drug-likeness (QED) is 0.580. The van der Waals surface area contributed by atoms with Gasteiger partial charge in [0.15, 0.2) is 10.0 Å². The summed E-state index contributed by atoms with van der Waals surface area (Å²) in [5, 5.41) is 0. The van der Waals surface area contributed by atoms with Gasteiger partial charge in [0.2, 0.25) is 0 Å². The van der Waals surface area contributed by atoms with Crippen molar-refractivity contribution in [2.75, 3.05) is 0 Å². The Balaban J connectivity index is 0.000000810. The standard InChI is InChI=1S/C4H6Cl3NO.ClH/c5-4(6,7)2-1-3-8-9-3;/h3,8H,1-2H2;1H. The lowest BCUT2D eigenvalue weighted by Gasteiger charge is -2.06. The third-order valence-electron chi connectivity index (χ3n) is 0.975. The molecule has 0 spiro atoms. The third-order valence-corrected chi connectivity index (χ3v) is 1.54. The lowest BCUT2D eigenvalue weighted by atomic mass is 10.3. The molecule has 1 atom stereocenters. The van der Waals surface area contributed by atoms with Crippen molar-refractivity contribution >= 4 is 47.2 Å². The van der Waals surface area contributed by atoms with Gasteiger partial charge in [0, 0.05) is 0 Å². The van der Waals surface area contributed by atoms with Gasteiger partial charge in [0.1, 0.15) is 0 Å². The van der Waals surface area contributed by atoms with Crippen LogP contribution in [0.3, 0.4) is 0 Å². The van der Waals surface area contributed by atoms with Gasteiger partial charge in [-0.05, 0) is 12.8 Å². The van der Waals surface area contributed by atoms with Crippen molar-refractivity contribution in [2.24, 2.45) is 0 Å². The summed E-state index contributed by atoms with van der Waals surface area (Å²) in [6.45, 7) is 0. The Morgan fingerprint density at radius 2 is 1.90 bits per heavy atom. The Morgan fingerprint density at radius 3 is 2.20 bits per heavy atom. The van der Waals surface area contributed by atoms with Crippen LogP contribution in [0.15, 0.2) is 0 Å². The number of hydroxylamine groups is 1. The predicted molar refractivity (Wildman–Crippen MR) is 44.8 cm³/mol. The van der Waals surface area contributed by atoms with Crippen LogP contribution >= 0.6 is 47.2 Å². The van der Waals surface area contributed by atoms with Crippen LogP contribution in [0.1, 0.15) is 12.8 Å². The second kappa shape index (κ2) is 4.19. The molecular weight excluding hydrogens is 220 g/mol. The van der Waals surface area contributed by atoms with Crippen molar-refractivity contribution in [1.82, 2.24) is 5.48 Å². The highest BCUT2D eigenvalue weighted by Gasteiger charge is 2.27. The highest BCUT2D eigenvalue weighted by molar-refractivity contribution is 6.67. The summed E-state index contributed by atoms with van der Waals surface area (Å²) in [6.07, 6.45) is 1.38. The van der Waals surface area contributed by atoms with E-state index >= 15 is 0 Å². The van der Waals surface area contributed by atoms with E-state index < -0.39 is 3.79 Å². The van der Waals surface area contributed by atoms with Crippen molar-refractivity contribution < 1.29 is 4.84 Å². The molecule has 0 aromatic rings. The number of alkyl halides is 3. The number of halogens is 4. The maximum atomic E-state index is 5.45. The summed E-state index contributed by atoms with van der Waals surface area (Å²) >= 11 is 16.4. The molecule has 62 valence electrons. The fourth-order valence-electron chi connectivity index (χ4n) is 0.461. The van der Waals surface area contributed by atoms with Crippen LogP contribution in [0.25, 0.3) is 0 Å². The van der Waals surface area contributed by atoms with Crippen LogP contribution in [0.4, 0.5) is 0 Å². The topological polar surface area (TPSA) is 34.5 Å². The van der Waals surface area contributed by atoms with Crippen LogP contribution in [0, 0.1) is 0 Å². The lowest BCUT2D eigenvalue weighted by Crippen LogP contribution is -2.04. The Bertz CT molecular complexity index is 99.9. The second-order valence-corrected chi connectivity index (χ2v) is 4.39. The van der Waals surface area contributed by atoms with Crippen molar-refractivity contribution in [1.29, 1.82) is 0 Å². The van der Waals surface area contributed by atoms with Crippen LogP contribution in [0.5, 0.6) is 0 Å². The molecule has 0 radical (unpaired) electrons. The minimum Gasteiger partial charge on any atom is -0.278 e. The molecule has 0 amide bonds. The summed E-state index contributed by atoms with van der Waals surface area (Å²) < 4.78 is -1.13. The summed E-state index contributed by atoms with van der Waals surface area (Å²) in [6, 6.07) is 0. The van der Waals surface area contributed by atoms with Gasteiger partial charge < -0.3 is 0 Å². The third kappa shape index (κ3) is 5.83. The predicted octanol–water partition coefficient (Wildman–Crippen LogP) is 2.42. The normalized spacial score (nSPS) is 23.7. The zero-order valence-corrected chi connectivity index (χ0v) is 8.03. The Kier molecular flexibility index (Phi) is 4.64. The van der Waals surface area contributed by atoms with Crippen molar-refractivity contribution in [3.05, 3.63) is 0 Å². The molecular formula is C4H7Cl4NO. The maximum Gasteiger partial charge on any atom is 0.190 e. The molecule has 1 aliphatic rings. The zero-order chi connectivity index (χ0) is 6.91. The first-order valence-corrected chi connectivity index (χ1v) is 3.69. The molecule has 0 aliphatic carbocycles. The maximum absolute atomic E-state index is 5.45. The van der Waals surface area contributed by atoms with Gasteiger partial charge in [0.05, 0.1) is 0 Å². The average Bonchev–Trinajstić information content (AvgIpc) is 2.38. The SMILES string of the molecule is Cl.ClC(Cl)(Cl)CCC1NO1. The van der Waals surface area contributed by atoms with Crippen LogP contribution in [-0.4, -0.2) is 10.0 Å². The van der Waals surface area contributed by atoms with Crippen LogP contribution < -0.4 is 5.48 Å². The highest BCUT2D eigenvalue weighted by atomic mass is 35.6. The van der Waals surface area contributed by atoms with Gasteiger partial charge in [-0.1, -0.05) is 34.8 Å². The summed E-state index contributed by atoms with van der Waals surface area (Å²) in [4.78, 5) is 4.68. The minimum atomic E-state index is -1.13. The molecule has 1 unspecified atom stereocenters. The first-order chi connectivity index (χ1) is 4.08. The van der Waals surface area contributed by atoms with E-state index in [1.807, 2.05) is 0 Å². The van der Waals surface area contributed by atoms with Crippen LogP contribution in [0.2, 0.25) is 0 Å². The van der Waals surface area contributed by atoms with E-state index in [4.69, 9.17) is 34.8 Å². The molecule has 2 nitrogen and oxygen atoms in total. The molecule has 1 aliphatic heterocycles. The van der Waals surface area contributed by atoms with E-state index in [1.54, 1.807) is 0 Å². The summed E-state index contributed by atoms with van der Waals surface area (Å²) in [5.41, 5.74) is 2.63. The number of hydrogen-bond donors (Lipinski definition) is 1. The summed E-state index contributed by atoms with van der Waals surface area (Å²) in [5.74, 6) is 0. The average molecular weight is 227 g/mol. The summed E-state index contributed by atoms with van der Waals surface area (Å²) in [7, 11) is 0. The van der Waals surface area contributed by atoms with Crippen molar-refractivity contribution in [2.45, 2.75) is 22.9 Å². The molecule has 1 heterocycles. The van der Waals surface area contributed by atoms with Gasteiger partial charge in [-0.25, -0.2) is 0 Å². The number of nitrogens with one attached hydrogen (secondary N) is 1. The molecule has 6 heteroatoms. The Hall–Kier alpha value is 1.08. The largest absolute Gasteiger partial charge is 0.278 e. The molecule has 0 aromatic heterocycles. The second-order valence-electron chi connectivity index (χ2n) is 1.88. The van der Waals surface area contributed by atoms with Crippen LogP contribution in [-0.2, 0) is 4.84 Å². The molecule has 1 fully saturated rings. The molecule has 1 N–H and O–H groups in total. The molecule has 0 aromatic carbocycles. The first-order valence-electron chi connectivity index (χ1n) is 2.56. The minimum absolute atomic E-state index is 0. The van der Waals surface area contributed by atoms with Crippen molar-refractivity contribution in [3.8, 4) is 0 Å².